The third-order valence-corrected chi connectivity index (χ3v) is 4.71. The first-order valence-electron chi connectivity index (χ1n) is 7.46. The van der Waals surface area contributed by atoms with Crippen LogP contribution < -0.4 is 5.32 Å². The van der Waals surface area contributed by atoms with Gasteiger partial charge in [0, 0.05) is 16.6 Å². The van der Waals surface area contributed by atoms with Gasteiger partial charge in [-0.2, -0.15) is 0 Å². The topological polar surface area (TPSA) is 55.1 Å². The average Bonchev–Trinajstić information content (AvgIpc) is 3.09. The number of carbonyl (C=O) groups excluding carboxylic acids is 1. The molecule has 3 rings (SSSR count). The molecule has 1 heterocycles. The zero-order chi connectivity index (χ0) is 17.6. The number of rotatable bonds is 6. The van der Waals surface area contributed by atoms with Crippen molar-refractivity contribution in [2.45, 2.75) is 11.8 Å². The molecule has 1 aromatic heterocycles. The van der Waals surface area contributed by atoms with Gasteiger partial charge in [0.1, 0.15) is 5.82 Å². The predicted molar refractivity (Wildman–Crippen MR) is 98.6 cm³/mol. The maximum Gasteiger partial charge on any atom is 0.256 e. The van der Waals surface area contributed by atoms with Gasteiger partial charge in [-0.25, -0.2) is 9.37 Å². The highest BCUT2D eigenvalue weighted by atomic mass is 79.9. The number of oxazole rings is 1. The molecule has 0 saturated heterocycles. The summed E-state index contributed by atoms with van der Waals surface area (Å²) in [6.07, 6.45) is 1.64. The highest BCUT2D eigenvalue weighted by Crippen LogP contribution is 2.26. The lowest BCUT2D eigenvalue weighted by molar-refractivity contribution is -0.118. The lowest BCUT2D eigenvalue weighted by Crippen LogP contribution is -2.24. The first-order chi connectivity index (χ1) is 12.1. The van der Waals surface area contributed by atoms with Crippen molar-refractivity contribution in [3.8, 4) is 11.3 Å². The van der Waals surface area contributed by atoms with Crippen molar-refractivity contribution in [1.82, 2.24) is 10.3 Å². The molecule has 0 aliphatic heterocycles. The Bertz CT molecular complexity index is 850. The van der Waals surface area contributed by atoms with E-state index in [1.54, 1.807) is 18.3 Å². The Labute approximate surface area is 157 Å². The summed E-state index contributed by atoms with van der Waals surface area (Å²) in [7, 11) is 0. The quantitative estimate of drug-likeness (QED) is 0.589. The van der Waals surface area contributed by atoms with Gasteiger partial charge in [0.05, 0.1) is 11.9 Å². The van der Waals surface area contributed by atoms with Gasteiger partial charge >= 0.3 is 0 Å². The van der Waals surface area contributed by atoms with Crippen molar-refractivity contribution in [2.75, 3.05) is 5.75 Å². The predicted octanol–water partition coefficient (Wildman–Crippen LogP) is 4.65. The highest BCUT2D eigenvalue weighted by molar-refractivity contribution is 9.10. The van der Waals surface area contributed by atoms with E-state index in [0.29, 0.717) is 17.5 Å². The van der Waals surface area contributed by atoms with Gasteiger partial charge in [0.15, 0.2) is 5.76 Å². The highest BCUT2D eigenvalue weighted by Gasteiger charge is 2.09. The SMILES string of the molecule is O=C(CSc1ncc(-c2ccc(Br)cc2)o1)NCc1ccc(F)cc1. The van der Waals surface area contributed by atoms with E-state index in [2.05, 4.69) is 26.2 Å². The molecular formula is C18H14BrFN2O2S. The Morgan fingerprint density at radius 1 is 1.16 bits per heavy atom. The number of nitrogens with one attached hydrogen (secondary N) is 1. The van der Waals surface area contributed by atoms with E-state index in [1.165, 1.54) is 23.9 Å². The Morgan fingerprint density at radius 3 is 2.60 bits per heavy atom. The van der Waals surface area contributed by atoms with Crippen molar-refractivity contribution in [3.63, 3.8) is 0 Å². The number of amides is 1. The number of halogens is 2. The summed E-state index contributed by atoms with van der Waals surface area (Å²) in [6, 6.07) is 13.7. The smallest absolute Gasteiger partial charge is 0.256 e. The summed E-state index contributed by atoms with van der Waals surface area (Å²) in [4.78, 5) is 16.1. The van der Waals surface area contributed by atoms with Crippen LogP contribution in [0.3, 0.4) is 0 Å². The van der Waals surface area contributed by atoms with Crippen LogP contribution in [0.15, 0.2) is 68.8 Å². The average molecular weight is 421 g/mol. The number of hydrogen-bond donors (Lipinski definition) is 1. The normalized spacial score (nSPS) is 10.6. The molecule has 1 amide bonds. The summed E-state index contributed by atoms with van der Waals surface area (Å²) in [6.45, 7) is 0.357. The third-order valence-electron chi connectivity index (χ3n) is 3.34. The van der Waals surface area contributed by atoms with Crippen LogP contribution in [-0.4, -0.2) is 16.6 Å². The van der Waals surface area contributed by atoms with E-state index in [9.17, 15) is 9.18 Å². The van der Waals surface area contributed by atoms with Crippen molar-refractivity contribution in [3.05, 3.63) is 70.6 Å². The van der Waals surface area contributed by atoms with Gasteiger partial charge in [0.25, 0.3) is 5.22 Å². The third kappa shape index (κ3) is 5.17. The van der Waals surface area contributed by atoms with E-state index < -0.39 is 0 Å². The van der Waals surface area contributed by atoms with E-state index >= 15 is 0 Å². The number of carbonyl (C=O) groups is 1. The fraction of sp³-hybridized carbons (Fsp3) is 0.111. The Hall–Kier alpha value is -2.12. The molecule has 0 atom stereocenters. The van der Waals surface area contributed by atoms with Crippen molar-refractivity contribution < 1.29 is 13.6 Å². The van der Waals surface area contributed by atoms with Crippen LogP contribution in [0.5, 0.6) is 0 Å². The lowest BCUT2D eigenvalue weighted by atomic mass is 10.2. The second-order valence-corrected chi connectivity index (χ2v) is 7.03. The fourth-order valence-electron chi connectivity index (χ4n) is 2.05. The molecule has 128 valence electrons. The molecule has 25 heavy (non-hydrogen) atoms. The minimum absolute atomic E-state index is 0.141. The minimum atomic E-state index is -0.295. The van der Waals surface area contributed by atoms with Crippen LogP contribution in [0.1, 0.15) is 5.56 Å². The van der Waals surface area contributed by atoms with Crippen LogP contribution in [0, 0.1) is 5.82 Å². The standard InChI is InChI=1S/C18H14BrFN2O2S/c19-14-5-3-13(4-6-14)16-10-22-18(24-16)25-11-17(23)21-9-12-1-7-15(20)8-2-12/h1-8,10H,9,11H2,(H,21,23). The zero-order valence-corrected chi connectivity index (χ0v) is 15.4. The molecule has 2 aromatic carbocycles. The Kier molecular flexibility index (Phi) is 5.88. The van der Waals surface area contributed by atoms with Crippen molar-refractivity contribution >= 4 is 33.6 Å². The molecule has 1 N–H and O–H groups in total. The van der Waals surface area contributed by atoms with Gasteiger partial charge < -0.3 is 9.73 Å². The monoisotopic (exact) mass is 420 g/mol. The zero-order valence-electron chi connectivity index (χ0n) is 13.0. The van der Waals surface area contributed by atoms with Crippen molar-refractivity contribution in [2.24, 2.45) is 0 Å². The van der Waals surface area contributed by atoms with Gasteiger partial charge in [-0.1, -0.05) is 52.0 Å². The lowest BCUT2D eigenvalue weighted by Gasteiger charge is -2.04. The molecule has 0 spiro atoms. The number of aromatic nitrogens is 1. The van der Waals surface area contributed by atoms with Crippen LogP contribution in [-0.2, 0) is 11.3 Å². The number of hydrogen-bond acceptors (Lipinski definition) is 4. The number of nitrogens with zero attached hydrogens (tertiary/aromatic N) is 1. The van der Waals surface area contributed by atoms with Crippen molar-refractivity contribution in [1.29, 1.82) is 0 Å². The molecule has 0 radical (unpaired) electrons. The summed E-state index contributed by atoms with van der Waals surface area (Å²) >= 11 is 4.61. The summed E-state index contributed by atoms with van der Waals surface area (Å²) in [5, 5.41) is 3.22. The molecular weight excluding hydrogens is 407 g/mol. The first kappa shape index (κ1) is 17.7. The van der Waals surface area contributed by atoms with E-state index in [-0.39, 0.29) is 17.5 Å². The number of benzene rings is 2. The van der Waals surface area contributed by atoms with Crippen LogP contribution in [0.4, 0.5) is 4.39 Å². The largest absolute Gasteiger partial charge is 0.431 e. The van der Waals surface area contributed by atoms with Gasteiger partial charge in [-0.3, -0.25) is 4.79 Å². The van der Waals surface area contributed by atoms with E-state index in [4.69, 9.17) is 4.42 Å². The maximum atomic E-state index is 12.8. The molecule has 7 heteroatoms. The van der Waals surface area contributed by atoms with Crippen LogP contribution in [0.2, 0.25) is 0 Å². The molecule has 0 fully saturated rings. The molecule has 0 unspecified atom stereocenters. The second-order valence-electron chi connectivity index (χ2n) is 5.19. The Morgan fingerprint density at radius 2 is 1.88 bits per heavy atom. The minimum Gasteiger partial charge on any atom is -0.431 e. The molecule has 0 saturated carbocycles. The molecule has 4 nitrogen and oxygen atoms in total. The van der Waals surface area contributed by atoms with Crippen LogP contribution in [0.25, 0.3) is 11.3 Å². The number of thioether (sulfide) groups is 1. The fourth-order valence-corrected chi connectivity index (χ4v) is 2.95. The molecule has 0 bridgehead atoms. The van der Waals surface area contributed by atoms with Gasteiger partial charge in [-0.15, -0.1) is 0 Å². The maximum absolute atomic E-state index is 12.8. The summed E-state index contributed by atoms with van der Waals surface area (Å²) in [5.41, 5.74) is 1.76. The van der Waals surface area contributed by atoms with Crippen LogP contribution >= 0.6 is 27.7 Å². The van der Waals surface area contributed by atoms with E-state index in [1.807, 2.05) is 24.3 Å². The summed E-state index contributed by atoms with van der Waals surface area (Å²) < 4.78 is 19.5. The van der Waals surface area contributed by atoms with Gasteiger partial charge in [0.2, 0.25) is 5.91 Å². The molecule has 0 aliphatic rings. The first-order valence-corrected chi connectivity index (χ1v) is 9.24. The van der Waals surface area contributed by atoms with Gasteiger partial charge in [-0.05, 0) is 29.8 Å². The van der Waals surface area contributed by atoms with E-state index in [0.717, 1.165) is 15.6 Å². The summed E-state index contributed by atoms with van der Waals surface area (Å²) in [5.74, 6) is 0.414. The molecule has 3 aromatic rings. The second kappa shape index (κ2) is 8.31. The molecule has 0 aliphatic carbocycles. The Balaban J connectivity index is 1.49.